The fourth-order valence-corrected chi connectivity index (χ4v) is 2.60. The maximum atomic E-state index is 13.7. The van der Waals surface area contributed by atoms with Crippen LogP contribution in [0.25, 0.3) is 0 Å². The molecule has 1 aliphatic rings. The highest BCUT2D eigenvalue weighted by Gasteiger charge is 2.49. The van der Waals surface area contributed by atoms with Gasteiger partial charge in [0, 0.05) is 23.1 Å². The lowest BCUT2D eigenvalue weighted by molar-refractivity contribution is -0.142. The number of carbonyl (C=O) groups is 2. The van der Waals surface area contributed by atoms with Gasteiger partial charge in [-0.15, -0.1) is 0 Å². The summed E-state index contributed by atoms with van der Waals surface area (Å²) >= 11 is 3.27. The van der Waals surface area contributed by atoms with Gasteiger partial charge < -0.3 is 10.0 Å². The van der Waals surface area contributed by atoms with Crippen LogP contribution < -0.4 is 0 Å². The first-order valence-corrected chi connectivity index (χ1v) is 7.18. The fourth-order valence-electron chi connectivity index (χ4n) is 2.19. The number of amides is 1. The third-order valence-electron chi connectivity index (χ3n) is 3.49. The minimum Gasteiger partial charge on any atom is -0.481 e. The second kappa shape index (κ2) is 5.91. The minimum absolute atomic E-state index is 0.156. The Balaban J connectivity index is 2.08. The molecule has 0 aromatic heterocycles. The fraction of sp³-hybridized carbons (Fsp3) is 0.429. The van der Waals surface area contributed by atoms with E-state index in [1.54, 1.807) is 19.1 Å². The van der Waals surface area contributed by atoms with Crippen LogP contribution in [0.1, 0.15) is 18.9 Å². The Morgan fingerprint density at radius 3 is 2.70 bits per heavy atom. The average Bonchev–Trinajstić information content (AvgIpc) is 3.19. The molecule has 1 N–H and O–H groups in total. The van der Waals surface area contributed by atoms with E-state index >= 15 is 0 Å². The molecule has 2 rings (SSSR count). The normalized spacial score (nSPS) is 20.6. The van der Waals surface area contributed by atoms with Crippen LogP contribution in [0.5, 0.6) is 0 Å². The van der Waals surface area contributed by atoms with Crippen molar-refractivity contribution in [3.05, 3.63) is 34.1 Å². The molecule has 1 aromatic carbocycles. The zero-order valence-electron chi connectivity index (χ0n) is 11.0. The molecule has 4 nitrogen and oxygen atoms in total. The van der Waals surface area contributed by atoms with E-state index in [0.717, 1.165) is 4.47 Å². The van der Waals surface area contributed by atoms with Crippen molar-refractivity contribution in [1.82, 2.24) is 4.90 Å². The van der Waals surface area contributed by atoms with Crippen LogP contribution >= 0.6 is 15.9 Å². The molecule has 6 heteroatoms. The van der Waals surface area contributed by atoms with E-state index in [2.05, 4.69) is 15.9 Å². The van der Waals surface area contributed by atoms with Crippen LogP contribution in [0.2, 0.25) is 0 Å². The highest BCUT2D eigenvalue weighted by Crippen LogP contribution is 2.40. The lowest BCUT2D eigenvalue weighted by Crippen LogP contribution is -2.32. The van der Waals surface area contributed by atoms with Gasteiger partial charge >= 0.3 is 5.97 Å². The molecule has 1 amide bonds. The van der Waals surface area contributed by atoms with Gasteiger partial charge in [-0.1, -0.05) is 15.9 Å². The molecule has 2 unspecified atom stereocenters. The van der Waals surface area contributed by atoms with E-state index in [1.165, 1.54) is 11.0 Å². The molecule has 0 saturated heterocycles. The van der Waals surface area contributed by atoms with Gasteiger partial charge in [0.1, 0.15) is 5.82 Å². The first kappa shape index (κ1) is 15.0. The van der Waals surface area contributed by atoms with E-state index in [9.17, 15) is 14.0 Å². The summed E-state index contributed by atoms with van der Waals surface area (Å²) in [5.41, 5.74) is 0.419. The van der Waals surface area contributed by atoms with E-state index in [-0.39, 0.29) is 18.3 Å². The van der Waals surface area contributed by atoms with Crippen molar-refractivity contribution < 1.29 is 19.1 Å². The summed E-state index contributed by atoms with van der Waals surface area (Å²) in [5, 5.41) is 8.86. The number of hydrogen-bond donors (Lipinski definition) is 1. The first-order valence-electron chi connectivity index (χ1n) is 6.39. The molecule has 108 valence electrons. The Morgan fingerprint density at radius 1 is 1.45 bits per heavy atom. The predicted molar refractivity (Wildman–Crippen MR) is 74.4 cm³/mol. The highest BCUT2D eigenvalue weighted by molar-refractivity contribution is 9.10. The summed E-state index contributed by atoms with van der Waals surface area (Å²) in [6.45, 7) is 2.38. The SMILES string of the molecule is CCN(Cc1cc(Br)ccc1F)C(=O)C1CC1C(=O)O. The summed E-state index contributed by atoms with van der Waals surface area (Å²) < 4.78 is 14.4. The molecule has 1 aromatic rings. The van der Waals surface area contributed by atoms with Crippen molar-refractivity contribution >= 4 is 27.8 Å². The maximum Gasteiger partial charge on any atom is 0.307 e. The van der Waals surface area contributed by atoms with E-state index in [1.807, 2.05) is 0 Å². The molecule has 0 aliphatic heterocycles. The molecular weight excluding hydrogens is 329 g/mol. The number of hydrogen-bond acceptors (Lipinski definition) is 2. The van der Waals surface area contributed by atoms with Crippen molar-refractivity contribution in [3.8, 4) is 0 Å². The van der Waals surface area contributed by atoms with Crippen LogP contribution in [0.15, 0.2) is 22.7 Å². The zero-order chi connectivity index (χ0) is 14.9. The van der Waals surface area contributed by atoms with Crippen molar-refractivity contribution in [2.45, 2.75) is 19.9 Å². The molecule has 0 heterocycles. The lowest BCUT2D eigenvalue weighted by atomic mass is 10.2. The second-order valence-corrected chi connectivity index (χ2v) is 5.79. The number of benzene rings is 1. The van der Waals surface area contributed by atoms with Gasteiger partial charge in [0.05, 0.1) is 11.8 Å². The van der Waals surface area contributed by atoms with Gasteiger partial charge in [0.25, 0.3) is 0 Å². The Bertz CT molecular complexity index is 549. The van der Waals surface area contributed by atoms with E-state index in [0.29, 0.717) is 18.5 Å². The van der Waals surface area contributed by atoms with Gasteiger partial charge in [0.2, 0.25) is 5.91 Å². The number of carboxylic acid groups (broad SMARTS) is 1. The molecule has 0 spiro atoms. The van der Waals surface area contributed by atoms with Crippen LogP contribution in [-0.2, 0) is 16.1 Å². The number of halogens is 2. The average molecular weight is 344 g/mol. The number of rotatable bonds is 5. The van der Waals surface area contributed by atoms with Crippen molar-refractivity contribution in [2.24, 2.45) is 11.8 Å². The first-order chi connectivity index (χ1) is 9.43. The quantitative estimate of drug-likeness (QED) is 0.894. The van der Waals surface area contributed by atoms with E-state index in [4.69, 9.17) is 5.11 Å². The van der Waals surface area contributed by atoms with Crippen LogP contribution in [-0.4, -0.2) is 28.4 Å². The Morgan fingerprint density at radius 2 is 2.15 bits per heavy atom. The molecule has 1 fully saturated rings. The molecule has 0 radical (unpaired) electrons. The molecule has 0 bridgehead atoms. The topological polar surface area (TPSA) is 57.6 Å². The van der Waals surface area contributed by atoms with Crippen LogP contribution in [0, 0.1) is 17.7 Å². The standard InChI is InChI=1S/C14H15BrFNO3/c1-2-17(13(18)10-6-11(10)14(19)20)7-8-5-9(15)3-4-12(8)16/h3-5,10-11H,2,6-7H2,1H3,(H,19,20). The maximum absolute atomic E-state index is 13.7. The molecule has 1 aliphatic carbocycles. The van der Waals surface area contributed by atoms with Crippen molar-refractivity contribution in [2.75, 3.05) is 6.54 Å². The third-order valence-corrected chi connectivity index (χ3v) is 3.98. The van der Waals surface area contributed by atoms with Gasteiger partial charge in [0.15, 0.2) is 0 Å². The third kappa shape index (κ3) is 3.17. The summed E-state index contributed by atoms with van der Waals surface area (Å²) in [5.74, 6) is -2.55. The largest absolute Gasteiger partial charge is 0.481 e. The number of carboxylic acids is 1. The number of carbonyl (C=O) groups excluding carboxylic acids is 1. The Hall–Kier alpha value is -1.43. The van der Waals surface area contributed by atoms with Gasteiger partial charge in [-0.2, -0.15) is 0 Å². The van der Waals surface area contributed by atoms with E-state index < -0.39 is 17.8 Å². The van der Waals surface area contributed by atoms with Crippen LogP contribution in [0.4, 0.5) is 4.39 Å². The summed E-state index contributed by atoms with van der Waals surface area (Å²) in [7, 11) is 0. The number of aliphatic carboxylic acids is 1. The van der Waals surface area contributed by atoms with Gasteiger partial charge in [-0.25, -0.2) is 4.39 Å². The monoisotopic (exact) mass is 343 g/mol. The van der Waals surface area contributed by atoms with Crippen molar-refractivity contribution in [1.29, 1.82) is 0 Å². The summed E-state index contributed by atoms with van der Waals surface area (Å²) in [4.78, 5) is 24.5. The second-order valence-electron chi connectivity index (χ2n) is 4.88. The Labute approximate surface area is 124 Å². The van der Waals surface area contributed by atoms with Gasteiger partial charge in [-0.3, -0.25) is 9.59 Å². The van der Waals surface area contributed by atoms with Crippen LogP contribution in [0.3, 0.4) is 0 Å². The molecular formula is C14H15BrFNO3. The summed E-state index contributed by atoms with van der Waals surface area (Å²) in [6, 6.07) is 4.57. The molecule has 2 atom stereocenters. The number of nitrogens with zero attached hydrogens (tertiary/aromatic N) is 1. The minimum atomic E-state index is -0.937. The van der Waals surface area contributed by atoms with Crippen molar-refractivity contribution in [3.63, 3.8) is 0 Å². The Kier molecular flexibility index (Phi) is 4.42. The zero-order valence-corrected chi connectivity index (χ0v) is 12.6. The predicted octanol–water partition coefficient (Wildman–Crippen LogP) is 2.66. The smallest absolute Gasteiger partial charge is 0.307 e. The molecule has 20 heavy (non-hydrogen) atoms. The highest BCUT2D eigenvalue weighted by atomic mass is 79.9. The summed E-state index contributed by atoms with van der Waals surface area (Å²) in [6.07, 6.45) is 0.381. The molecule has 1 saturated carbocycles. The lowest BCUT2D eigenvalue weighted by Gasteiger charge is -2.21. The van der Waals surface area contributed by atoms with Gasteiger partial charge in [-0.05, 0) is 31.5 Å².